The molecule has 0 spiro atoms. The van der Waals surface area contributed by atoms with Crippen LogP contribution in [0.15, 0.2) is 22.0 Å². The van der Waals surface area contributed by atoms with Crippen LogP contribution in [0.1, 0.15) is 10.4 Å². The van der Waals surface area contributed by atoms with Crippen LogP contribution in [0.5, 0.6) is 0 Å². The first-order valence-corrected chi connectivity index (χ1v) is 9.15. The van der Waals surface area contributed by atoms with E-state index >= 15 is 0 Å². The summed E-state index contributed by atoms with van der Waals surface area (Å²) < 4.78 is 1.85. The smallest absolute Gasteiger partial charge is 0.341 e. The number of carbonyl (C=O) groups is 1. The van der Waals surface area contributed by atoms with Crippen molar-refractivity contribution in [3.05, 3.63) is 33.1 Å². The number of halogens is 1. The second-order valence-corrected chi connectivity index (χ2v) is 7.37. The van der Waals surface area contributed by atoms with E-state index in [9.17, 15) is 14.7 Å². The molecule has 0 atom stereocenters. The minimum atomic E-state index is -1.19. The summed E-state index contributed by atoms with van der Waals surface area (Å²) in [5.74, 6) is -0.390. The molecule has 0 radical (unpaired) electrons. The molecule has 3 heterocycles. The Morgan fingerprint density at radius 1 is 1.29 bits per heavy atom. The summed E-state index contributed by atoms with van der Waals surface area (Å²) in [7, 11) is 0. The third-order valence-electron chi connectivity index (χ3n) is 4.50. The van der Waals surface area contributed by atoms with Crippen molar-refractivity contribution in [3.8, 4) is 0 Å². The molecular weight excluding hydrogens is 350 g/mol. The van der Waals surface area contributed by atoms with Crippen molar-refractivity contribution < 1.29 is 9.90 Å². The summed E-state index contributed by atoms with van der Waals surface area (Å²) in [6, 6.07) is 1.77. The highest BCUT2D eigenvalue weighted by molar-refractivity contribution is 7.99. The molecule has 1 aromatic heterocycles. The minimum absolute atomic E-state index is 0.186. The second kappa shape index (κ2) is 5.98. The molecule has 6 nitrogen and oxygen atoms in total. The Morgan fingerprint density at radius 3 is 2.75 bits per heavy atom. The fourth-order valence-electron chi connectivity index (χ4n) is 3.34. The predicted octanol–water partition coefficient (Wildman–Crippen LogP) is 1.87. The number of aryl methyl sites for hydroxylation is 1. The highest BCUT2D eigenvalue weighted by Crippen LogP contribution is 2.42. The van der Waals surface area contributed by atoms with Gasteiger partial charge in [0, 0.05) is 50.1 Å². The molecule has 0 bridgehead atoms. The number of nitrogens with zero attached hydrogens (tertiary/aromatic N) is 2. The zero-order chi connectivity index (χ0) is 16.8. The Kier molecular flexibility index (Phi) is 3.94. The number of aromatic nitrogens is 1. The number of benzene rings is 1. The molecule has 1 aromatic carbocycles. The van der Waals surface area contributed by atoms with Gasteiger partial charge >= 0.3 is 5.97 Å². The Hall–Kier alpha value is -1.70. The van der Waals surface area contributed by atoms with Crippen molar-refractivity contribution in [2.45, 2.75) is 11.4 Å². The Morgan fingerprint density at radius 2 is 2.04 bits per heavy atom. The van der Waals surface area contributed by atoms with E-state index in [1.165, 1.54) is 6.20 Å². The largest absolute Gasteiger partial charge is 0.477 e. The van der Waals surface area contributed by atoms with Crippen molar-refractivity contribution in [3.63, 3.8) is 0 Å². The number of rotatable bonds is 2. The van der Waals surface area contributed by atoms with E-state index in [0.29, 0.717) is 17.0 Å². The SMILES string of the molecule is O=C(O)c1cn2c3c(c(Cl)c(N4CCNCC4)cc3c1=O)SCC2. The summed E-state index contributed by atoms with van der Waals surface area (Å²) in [6.07, 6.45) is 1.44. The van der Waals surface area contributed by atoms with E-state index in [1.54, 1.807) is 17.8 Å². The lowest BCUT2D eigenvalue weighted by atomic mass is 10.1. The molecule has 1 saturated heterocycles. The van der Waals surface area contributed by atoms with Crippen LogP contribution in [0.4, 0.5) is 5.69 Å². The van der Waals surface area contributed by atoms with Crippen LogP contribution in [0.25, 0.3) is 10.9 Å². The number of piperazine rings is 1. The molecule has 2 aliphatic heterocycles. The number of carboxylic acid groups (broad SMARTS) is 1. The normalized spacial score (nSPS) is 17.3. The number of aromatic carboxylic acids is 1. The fourth-order valence-corrected chi connectivity index (χ4v) is 4.85. The summed E-state index contributed by atoms with van der Waals surface area (Å²) >= 11 is 8.29. The Balaban J connectivity index is 2.03. The molecule has 0 saturated carbocycles. The lowest BCUT2D eigenvalue weighted by molar-refractivity contribution is 0.0695. The molecule has 126 valence electrons. The van der Waals surface area contributed by atoms with E-state index in [0.717, 1.165) is 48.0 Å². The molecular formula is C16H16ClN3O3S. The van der Waals surface area contributed by atoms with E-state index < -0.39 is 11.4 Å². The summed E-state index contributed by atoms with van der Waals surface area (Å²) in [5.41, 5.74) is 0.950. The highest BCUT2D eigenvalue weighted by atomic mass is 35.5. The third kappa shape index (κ3) is 2.39. The van der Waals surface area contributed by atoms with Gasteiger partial charge < -0.3 is 19.9 Å². The van der Waals surface area contributed by atoms with Crippen LogP contribution in [0.2, 0.25) is 5.02 Å². The van der Waals surface area contributed by atoms with Crippen molar-refractivity contribution >= 4 is 45.9 Å². The molecule has 0 amide bonds. The maximum atomic E-state index is 12.7. The van der Waals surface area contributed by atoms with Gasteiger partial charge in [-0.3, -0.25) is 4.79 Å². The van der Waals surface area contributed by atoms with Crippen molar-refractivity contribution in [2.24, 2.45) is 0 Å². The topological polar surface area (TPSA) is 74.6 Å². The van der Waals surface area contributed by atoms with E-state index in [-0.39, 0.29) is 5.56 Å². The molecule has 0 aliphatic carbocycles. The molecule has 2 aliphatic rings. The average Bonchev–Trinajstić information content (AvgIpc) is 2.60. The number of anilines is 1. The van der Waals surface area contributed by atoms with Crippen LogP contribution < -0.4 is 15.6 Å². The van der Waals surface area contributed by atoms with Gasteiger partial charge in [0.25, 0.3) is 0 Å². The van der Waals surface area contributed by atoms with E-state index in [4.69, 9.17) is 11.6 Å². The number of carboxylic acids is 1. The Labute approximate surface area is 147 Å². The van der Waals surface area contributed by atoms with Gasteiger partial charge in [0.2, 0.25) is 5.43 Å². The number of hydrogen-bond donors (Lipinski definition) is 2. The summed E-state index contributed by atoms with van der Waals surface area (Å²) in [5, 5.41) is 13.7. The van der Waals surface area contributed by atoms with Crippen LogP contribution in [0, 0.1) is 0 Å². The monoisotopic (exact) mass is 365 g/mol. The van der Waals surface area contributed by atoms with Gasteiger partial charge in [0.1, 0.15) is 5.56 Å². The average molecular weight is 366 g/mol. The third-order valence-corrected chi connectivity index (χ3v) is 6.07. The van der Waals surface area contributed by atoms with Gasteiger partial charge in [-0.2, -0.15) is 0 Å². The zero-order valence-electron chi connectivity index (χ0n) is 12.8. The van der Waals surface area contributed by atoms with Gasteiger partial charge in [-0.05, 0) is 6.07 Å². The standard InChI is InChI=1S/C16H16ClN3O3S/c17-12-11(19-3-1-18-2-4-19)7-9-13-15(12)24-6-5-20(13)8-10(14(9)21)16(22)23/h7-8,18H,1-6H2,(H,22,23). The van der Waals surface area contributed by atoms with Gasteiger partial charge in [-0.15, -0.1) is 11.8 Å². The maximum Gasteiger partial charge on any atom is 0.341 e. The van der Waals surface area contributed by atoms with Crippen LogP contribution >= 0.6 is 23.4 Å². The van der Waals surface area contributed by atoms with Gasteiger partial charge in [0.05, 0.1) is 21.1 Å². The molecule has 4 rings (SSSR count). The first kappa shape index (κ1) is 15.8. The van der Waals surface area contributed by atoms with Gasteiger partial charge in [-0.25, -0.2) is 4.79 Å². The van der Waals surface area contributed by atoms with Gasteiger partial charge in [-0.1, -0.05) is 11.6 Å². The number of thioether (sulfide) groups is 1. The molecule has 0 unspecified atom stereocenters. The predicted molar refractivity (Wildman–Crippen MR) is 96.0 cm³/mol. The minimum Gasteiger partial charge on any atom is -0.477 e. The second-order valence-electron chi connectivity index (χ2n) is 5.89. The molecule has 2 N–H and O–H groups in total. The number of hydrogen-bond acceptors (Lipinski definition) is 5. The van der Waals surface area contributed by atoms with Crippen LogP contribution in [-0.4, -0.2) is 47.6 Å². The molecule has 24 heavy (non-hydrogen) atoms. The lowest BCUT2D eigenvalue weighted by Gasteiger charge is -2.32. The van der Waals surface area contributed by atoms with Crippen LogP contribution in [-0.2, 0) is 6.54 Å². The quantitative estimate of drug-likeness (QED) is 0.846. The Bertz CT molecular complexity index is 906. The van der Waals surface area contributed by atoms with Crippen molar-refractivity contribution in [1.82, 2.24) is 9.88 Å². The molecule has 1 fully saturated rings. The van der Waals surface area contributed by atoms with Crippen molar-refractivity contribution in [2.75, 3.05) is 36.8 Å². The van der Waals surface area contributed by atoms with Gasteiger partial charge in [0.15, 0.2) is 0 Å². The molecule has 2 aromatic rings. The fraction of sp³-hybridized carbons (Fsp3) is 0.375. The summed E-state index contributed by atoms with van der Waals surface area (Å²) in [4.78, 5) is 27.1. The number of pyridine rings is 1. The lowest BCUT2D eigenvalue weighted by Crippen LogP contribution is -2.43. The van der Waals surface area contributed by atoms with E-state index in [1.807, 2.05) is 4.57 Å². The van der Waals surface area contributed by atoms with Crippen LogP contribution in [0.3, 0.4) is 0 Å². The first-order valence-electron chi connectivity index (χ1n) is 7.79. The van der Waals surface area contributed by atoms with Crippen molar-refractivity contribution in [1.29, 1.82) is 0 Å². The highest BCUT2D eigenvalue weighted by Gasteiger charge is 2.25. The number of nitrogens with one attached hydrogen (secondary N) is 1. The van der Waals surface area contributed by atoms with E-state index in [2.05, 4.69) is 10.2 Å². The summed E-state index contributed by atoms with van der Waals surface area (Å²) in [6.45, 7) is 3.99. The zero-order valence-corrected chi connectivity index (χ0v) is 14.4. The first-order chi connectivity index (χ1) is 11.6. The maximum absolute atomic E-state index is 12.7. The molecule has 8 heteroatoms.